The van der Waals surface area contributed by atoms with Crippen molar-refractivity contribution in [2.75, 3.05) is 0 Å². The molecule has 4 saturated carbocycles. The summed E-state index contributed by atoms with van der Waals surface area (Å²) in [5.74, 6) is 3.54. The minimum atomic E-state index is -0.0541. The van der Waals surface area contributed by atoms with Crippen LogP contribution in [0.1, 0.15) is 71.6 Å². The number of fused-ring (bicyclic) bond motifs is 5. The van der Waals surface area contributed by atoms with E-state index in [-0.39, 0.29) is 41.1 Å². The average molecular weight is 313 g/mol. The van der Waals surface area contributed by atoms with Crippen LogP contribution in [-0.2, 0) is 4.79 Å². The average Bonchev–Trinajstić information content (AvgIpc) is 2.76. The third-order valence-electron chi connectivity index (χ3n) is 8.35. The Hall–Kier alpha value is 0.630. The summed E-state index contributed by atoms with van der Waals surface area (Å²) in [6.07, 6.45) is 10.1. The van der Waals surface area contributed by atoms with Gasteiger partial charge < -0.3 is 5.11 Å². The molecule has 1 radical (unpaired) electrons. The van der Waals surface area contributed by atoms with Gasteiger partial charge >= 0.3 is 0 Å². The maximum atomic E-state index is 12.4. The van der Waals surface area contributed by atoms with E-state index in [9.17, 15) is 9.90 Å². The normalized spacial score (nSPS) is 54.0. The Balaban J connectivity index is 0.00000144. The number of carbonyl (C=O) groups is 1. The predicted molar refractivity (Wildman–Crippen MR) is 88.5 cm³/mol. The quantitative estimate of drug-likeness (QED) is 0.694. The van der Waals surface area contributed by atoms with Crippen LogP contribution in [0.5, 0.6) is 0 Å². The third-order valence-corrected chi connectivity index (χ3v) is 8.35. The van der Waals surface area contributed by atoms with E-state index in [4.69, 9.17) is 0 Å². The van der Waals surface area contributed by atoms with E-state index in [0.717, 1.165) is 49.9 Å². The molecule has 4 aliphatic carbocycles. The van der Waals surface area contributed by atoms with E-state index in [0.29, 0.717) is 17.1 Å². The molecule has 7 atom stereocenters. The van der Waals surface area contributed by atoms with Crippen LogP contribution >= 0.6 is 0 Å². The Morgan fingerprint density at radius 2 is 1.77 bits per heavy atom. The Morgan fingerprint density at radius 1 is 1.00 bits per heavy atom. The van der Waals surface area contributed by atoms with Crippen molar-refractivity contribution in [3.63, 3.8) is 0 Å². The molecule has 22 heavy (non-hydrogen) atoms. The Kier molecular flexibility index (Phi) is 4.65. The molecule has 0 aromatic heterocycles. The van der Waals surface area contributed by atoms with Crippen molar-refractivity contribution < 1.29 is 9.90 Å². The van der Waals surface area contributed by atoms with Crippen molar-refractivity contribution in [2.45, 2.75) is 77.7 Å². The van der Waals surface area contributed by atoms with Crippen LogP contribution in [0.3, 0.4) is 0 Å². The first kappa shape index (κ1) is 17.5. The number of hydrogen-bond donors (Lipinski definition) is 1. The molecule has 4 aliphatic rings. The fourth-order valence-corrected chi connectivity index (χ4v) is 7.01. The summed E-state index contributed by atoms with van der Waals surface area (Å²) in [6, 6.07) is 0. The molecule has 4 fully saturated rings. The molecule has 0 spiro atoms. The standard InChI is InChI=1S/C19H30O2.Na/c1-18-9-7-13(20)11-12(18)3-4-14-15-5-6-17(21)19(15,2)10-8-16(14)18;/h12-16,20H,3-11H2,1-2H3;/t12-,13+,14-,15-,16-,18-,19-;/m0./s1. The van der Waals surface area contributed by atoms with Crippen molar-refractivity contribution in [2.24, 2.45) is 34.5 Å². The van der Waals surface area contributed by atoms with Gasteiger partial charge in [0.15, 0.2) is 0 Å². The van der Waals surface area contributed by atoms with Crippen molar-refractivity contribution in [3.05, 3.63) is 0 Å². The number of carbonyl (C=O) groups excluding carboxylic acids is 1. The van der Waals surface area contributed by atoms with Gasteiger partial charge in [0.05, 0.1) is 6.10 Å². The third kappa shape index (κ3) is 2.31. The molecule has 0 aliphatic heterocycles. The van der Waals surface area contributed by atoms with Crippen molar-refractivity contribution in [1.82, 2.24) is 0 Å². The summed E-state index contributed by atoms with van der Waals surface area (Å²) in [4.78, 5) is 12.4. The number of hydrogen-bond acceptors (Lipinski definition) is 2. The second-order valence-corrected chi connectivity index (χ2v) is 9.00. The van der Waals surface area contributed by atoms with Gasteiger partial charge in [-0.3, -0.25) is 4.79 Å². The van der Waals surface area contributed by atoms with Crippen LogP contribution < -0.4 is 0 Å². The number of ketones is 1. The molecule has 1 N–H and O–H groups in total. The molecule has 4 rings (SSSR count). The van der Waals surface area contributed by atoms with Gasteiger partial charge in [-0.15, -0.1) is 0 Å². The Morgan fingerprint density at radius 3 is 2.55 bits per heavy atom. The van der Waals surface area contributed by atoms with E-state index in [2.05, 4.69) is 13.8 Å². The SMILES string of the molecule is C[C@]12CC[C@@H](O)C[C@@H]1CC[C@@H]1[C@@H]2CC[C@]2(C)C(=O)CC[C@@H]12.[Na]. The van der Waals surface area contributed by atoms with E-state index in [1.54, 1.807) is 0 Å². The summed E-state index contributed by atoms with van der Waals surface area (Å²) < 4.78 is 0. The summed E-state index contributed by atoms with van der Waals surface area (Å²) in [7, 11) is 0. The van der Waals surface area contributed by atoms with Gasteiger partial charge in [-0.1, -0.05) is 13.8 Å². The number of rotatable bonds is 0. The maximum absolute atomic E-state index is 12.4. The van der Waals surface area contributed by atoms with Crippen molar-refractivity contribution >= 4 is 35.3 Å². The molecule has 0 saturated heterocycles. The minimum absolute atomic E-state index is 0. The van der Waals surface area contributed by atoms with Crippen LogP contribution in [0.2, 0.25) is 0 Å². The molecule has 0 amide bonds. The monoisotopic (exact) mass is 313 g/mol. The zero-order chi connectivity index (χ0) is 14.8. The van der Waals surface area contributed by atoms with Crippen LogP contribution in [0.4, 0.5) is 0 Å². The van der Waals surface area contributed by atoms with E-state index in [1.807, 2.05) is 0 Å². The van der Waals surface area contributed by atoms with Gasteiger partial charge in [0.1, 0.15) is 5.78 Å². The van der Waals surface area contributed by atoms with Crippen LogP contribution in [0, 0.1) is 34.5 Å². The molecule has 0 heterocycles. The number of Topliss-reactive ketones (excluding diaryl/α,β-unsaturated/α-hetero) is 1. The molecule has 2 nitrogen and oxygen atoms in total. The maximum Gasteiger partial charge on any atom is 0.139 e. The van der Waals surface area contributed by atoms with Gasteiger partial charge in [0.2, 0.25) is 0 Å². The van der Waals surface area contributed by atoms with Gasteiger partial charge in [-0.05, 0) is 80.5 Å². The topological polar surface area (TPSA) is 37.3 Å². The summed E-state index contributed by atoms with van der Waals surface area (Å²) in [6.45, 7) is 4.78. The molecule has 0 bridgehead atoms. The molecule has 0 aromatic carbocycles. The van der Waals surface area contributed by atoms with Crippen LogP contribution in [0.25, 0.3) is 0 Å². The number of aliphatic hydroxyl groups excluding tert-OH is 1. The predicted octanol–water partition coefficient (Wildman–Crippen LogP) is 3.58. The zero-order valence-corrected chi connectivity index (χ0v) is 16.6. The smallest absolute Gasteiger partial charge is 0.139 e. The zero-order valence-electron chi connectivity index (χ0n) is 14.6. The summed E-state index contributed by atoms with van der Waals surface area (Å²) >= 11 is 0. The first-order chi connectivity index (χ1) is 9.95. The summed E-state index contributed by atoms with van der Waals surface area (Å²) in [5.41, 5.74) is 0.452. The van der Waals surface area contributed by atoms with E-state index >= 15 is 0 Å². The second kappa shape index (κ2) is 5.86. The van der Waals surface area contributed by atoms with Gasteiger partial charge in [0.25, 0.3) is 0 Å². The largest absolute Gasteiger partial charge is 0.393 e. The molecule has 0 aromatic rings. The fourth-order valence-electron chi connectivity index (χ4n) is 7.01. The number of aliphatic hydroxyl groups is 1. The van der Waals surface area contributed by atoms with E-state index < -0.39 is 0 Å². The molecule has 3 heteroatoms. The van der Waals surface area contributed by atoms with Gasteiger partial charge in [0, 0.05) is 41.4 Å². The first-order valence-electron chi connectivity index (χ1n) is 9.16. The Bertz CT molecular complexity index is 464. The fraction of sp³-hybridized carbons (Fsp3) is 0.947. The molecule has 0 unspecified atom stereocenters. The van der Waals surface area contributed by atoms with Crippen molar-refractivity contribution in [3.8, 4) is 0 Å². The van der Waals surface area contributed by atoms with E-state index in [1.165, 1.54) is 25.7 Å². The van der Waals surface area contributed by atoms with Gasteiger partial charge in [-0.2, -0.15) is 0 Å². The van der Waals surface area contributed by atoms with Crippen molar-refractivity contribution in [1.29, 1.82) is 0 Å². The Labute approximate surface area is 157 Å². The van der Waals surface area contributed by atoms with Crippen LogP contribution in [0.15, 0.2) is 0 Å². The van der Waals surface area contributed by atoms with Gasteiger partial charge in [-0.25, -0.2) is 0 Å². The molecular formula is C19H30NaO2. The first-order valence-corrected chi connectivity index (χ1v) is 9.16. The molecular weight excluding hydrogens is 283 g/mol. The van der Waals surface area contributed by atoms with Crippen LogP contribution in [-0.4, -0.2) is 46.6 Å². The minimum Gasteiger partial charge on any atom is -0.393 e. The summed E-state index contributed by atoms with van der Waals surface area (Å²) in [5, 5.41) is 10.0. The molecule has 119 valence electrons. The second-order valence-electron chi connectivity index (χ2n) is 9.00.